The molecule has 0 fully saturated rings. The summed E-state index contributed by atoms with van der Waals surface area (Å²) in [6.07, 6.45) is 19.2. The first-order valence-electron chi connectivity index (χ1n) is 16.9. The SMILES string of the molecule is CC(C)CCCC1=CC(=CC2=C([O-])C(=Cc3cc(CCCC(C)C)[s+]c(CCC(C)(C)C)c3)C2=O)C=C(CCC(C)(C)C)S1. The van der Waals surface area contributed by atoms with Crippen molar-refractivity contribution in [1.82, 2.24) is 0 Å². The highest BCUT2D eigenvalue weighted by Gasteiger charge is 2.27. The number of carbonyl (C=O) groups excluding carboxylic acids is 1. The van der Waals surface area contributed by atoms with Crippen LogP contribution in [0.3, 0.4) is 0 Å². The lowest BCUT2D eigenvalue weighted by Gasteiger charge is -2.29. The molecule has 0 saturated heterocycles. The lowest BCUT2D eigenvalue weighted by Crippen LogP contribution is -2.29. The maximum absolute atomic E-state index is 13.4. The number of hydrogen-bond acceptors (Lipinski definition) is 3. The molecule has 1 aliphatic carbocycles. The molecule has 0 radical (unpaired) electrons. The Labute approximate surface area is 277 Å². The minimum absolute atomic E-state index is 0.120. The van der Waals surface area contributed by atoms with Gasteiger partial charge in [-0.3, -0.25) is 4.79 Å². The average Bonchev–Trinajstić information content (AvgIpc) is 2.91. The lowest BCUT2D eigenvalue weighted by molar-refractivity contribution is -0.300. The summed E-state index contributed by atoms with van der Waals surface area (Å²) in [7, 11) is 0. The molecule has 1 aliphatic heterocycles. The summed E-state index contributed by atoms with van der Waals surface area (Å²) in [6.45, 7) is 22.8. The van der Waals surface area contributed by atoms with Crippen LogP contribution in [0, 0.1) is 22.7 Å². The van der Waals surface area contributed by atoms with Gasteiger partial charge in [0.25, 0.3) is 0 Å². The summed E-state index contributed by atoms with van der Waals surface area (Å²) in [5, 5.41) is 13.4. The first-order chi connectivity index (χ1) is 20.5. The van der Waals surface area contributed by atoms with E-state index in [1.807, 2.05) is 35.3 Å². The monoisotopic (exact) mass is 634 g/mol. The highest BCUT2D eigenvalue weighted by Crippen LogP contribution is 2.41. The summed E-state index contributed by atoms with van der Waals surface area (Å²) in [5.41, 5.74) is 3.15. The van der Waals surface area contributed by atoms with Crippen molar-refractivity contribution in [1.29, 1.82) is 0 Å². The molecule has 0 unspecified atom stereocenters. The smallest absolute Gasteiger partial charge is 0.218 e. The molecule has 0 bridgehead atoms. The van der Waals surface area contributed by atoms with E-state index in [0.29, 0.717) is 23.0 Å². The third-order valence-corrected chi connectivity index (χ3v) is 10.4. The van der Waals surface area contributed by atoms with E-state index in [-0.39, 0.29) is 22.4 Å². The zero-order valence-corrected chi connectivity index (χ0v) is 31.0. The van der Waals surface area contributed by atoms with Gasteiger partial charge in [0.15, 0.2) is 5.78 Å². The molecule has 1 aromatic rings. The zero-order chi connectivity index (χ0) is 32.7. The van der Waals surface area contributed by atoms with Gasteiger partial charge in [0.2, 0.25) is 21.1 Å². The summed E-state index contributed by atoms with van der Waals surface area (Å²) in [4.78, 5) is 18.7. The molecule has 0 aromatic carbocycles. The fourth-order valence-corrected chi connectivity index (χ4v) is 7.69. The van der Waals surface area contributed by atoms with Gasteiger partial charge in [-0.2, -0.15) is 0 Å². The number of carbonyl (C=O) groups is 1. The van der Waals surface area contributed by atoms with Crippen molar-refractivity contribution >= 4 is 35.0 Å². The van der Waals surface area contributed by atoms with E-state index in [9.17, 15) is 9.90 Å². The van der Waals surface area contributed by atoms with Crippen LogP contribution in [-0.2, 0) is 17.6 Å². The molecule has 0 N–H and O–H groups in total. The molecule has 242 valence electrons. The molecular formula is C40H58O2S2. The predicted molar refractivity (Wildman–Crippen MR) is 194 cm³/mol. The number of hydrogen-bond donors (Lipinski definition) is 0. The highest BCUT2D eigenvalue weighted by molar-refractivity contribution is 8.06. The third kappa shape index (κ3) is 12.5. The van der Waals surface area contributed by atoms with Gasteiger partial charge in [-0.25, -0.2) is 0 Å². The summed E-state index contributed by atoms with van der Waals surface area (Å²) < 4.78 is 0. The Bertz CT molecular complexity index is 1320. The van der Waals surface area contributed by atoms with Gasteiger partial charge in [-0.05, 0) is 106 Å². The Morgan fingerprint density at radius 2 is 1.30 bits per heavy atom. The molecule has 0 spiro atoms. The van der Waals surface area contributed by atoms with E-state index in [4.69, 9.17) is 0 Å². The van der Waals surface area contributed by atoms with Crippen LogP contribution in [0.25, 0.3) is 6.08 Å². The van der Waals surface area contributed by atoms with Gasteiger partial charge in [-0.15, -0.1) is 0 Å². The Balaban J connectivity index is 1.89. The van der Waals surface area contributed by atoms with Crippen LogP contribution in [0.4, 0.5) is 0 Å². The standard InChI is InChI=1S/C40H58O2S2/c1-27(2)13-11-15-31-21-29(23-33(43-31)17-19-39(5,6)7)25-35-37(41)36(38(35)42)26-30-22-32(16-12-14-28(3)4)44-34(24-30)18-20-40(8,9)10/h21-28H,11-20H2,1-10H3. The predicted octanol–water partition coefficient (Wildman–Crippen LogP) is 11.7. The van der Waals surface area contributed by atoms with Crippen LogP contribution >= 0.6 is 23.1 Å². The van der Waals surface area contributed by atoms with E-state index in [1.54, 1.807) is 0 Å². The topological polar surface area (TPSA) is 40.1 Å². The minimum atomic E-state index is -0.120. The summed E-state index contributed by atoms with van der Waals surface area (Å²) >= 11 is 3.78. The van der Waals surface area contributed by atoms with E-state index in [0.717, 1.165) is 62.5 Å². The van der Waals surface area contributed by atoms with Gasteiger partial charge in [0.05, 0.1) is 0 Å². The van der Waals surface area contributed by atoms with Crippen LogP contribution < -0.4 is 5.11 Å². The lowest BCUT2D eigenvalue weighted by atomic mass is 9.85. The Hall–Kier alpha value is -1.91. The van der Waals surface area contributed by atoms with Gasteiger partial charge >= 0.3 is 0 Å². The average molecular weight is 635 g/mol. The first kappa shape index (κ1) is 36.6. The van der Waals surface area contributed by atoms with Crippen molar-refractivity contribution in [2.75, 3.05) is 0 Å². The molecule has 4 heteroatoms. The normalized spacial score (nSPS) is 18.0. The second-order valence-electron chi connectivity index (χ2n) is 16.1. The van der Waals surface area contributed by atoms with E-state index in [1.165, 1.54) is 32.4 Å². The van der Waals surface area contributed by atoms with Gasteiger partial charge in [0.1, 0.15) is 0 Å². The number of thioether (sulfide) groups is 1. The van der Waals surface area contributed by atoms with Crippen molar-refractivity contribution in [2.24, 2.45) is 22.7 Å². The van der Waals surface area contributed by atoms with Crippen LogP contribution in [-0.4, -0.2) is 5.78 Å². The molecule has 0 saturated carbocycles. The molecule has 1 aromatic heterocycles. The zero-order valence-electron chi connectivity index (χ0n) is 29.3. The fourth-order valence-electron chi connectivity index (χ4n) is 5.34. The molecule has 3 rings (SSSR count). The summed E-state index contributed by atoms with van der Waals surface area (Å²) in [6, 6.07) is 4.39. The van der Waals surface area contributed by atoms with Crippen molar-refractivity contribution in [2.45, 2.75) is 133 Å². The van der Waals surface area contributed by atoms with Gasteiger partial charge in [0, 0.05) is 36.1 Å². The molecule has 2 nitrogen and oxygen atoms in total. The van der Waals surface area contributed by atoms with Crippen LogP contribution in [0.1, 0.15) is 136 Å². The van der Waals surface area contributed by atoms with E-state index >= 15 is 0 Å². The van der Waals surface area contributed by atoms with Crippen molar-refractivity contribution in [3.8, 4) is 0 Å². The van der Waals surface area contributed by atoms with Crippen molar-refractivity contribution in [3.05, 3.63) is 78.0 Å². The van der Waals surface area contributed by atoms with E-state index in [2.05, 4.69) is 93.5 Å². The van der Waals surface area contributed by atoms with Crippen molar-refractivity contribution < 1.29 is 9.90 Å². The number of ketones is 1. The summed E-state index contributed by atoms with van der Waals surface area (Å²) in [5.74, 6) is 1.14. The van der Waals surface area contributed by atoms with Gasteiger partial charge in [-0.1, -0.05) is 99.6 Å². The van der Waals surface area contributed by atoms with Crippen LogP contribution in [0.15, 0.2) is 62.6 Å². The van der Waals surface area contributed by atoms with E-state index < -0.39 is 0 Å². The first-order valence-corrected chi connectivity index (χ1v) is 18.6. The molecule has 2 aliphatic rings. The highest BCUT2D eigenvalue weighted by atomic mass is 32.2. The van der Waals surface area contributed by atoms with Gasteiger partial charge < -0.3 is 5.11 Å². The second kappa shape index (κ2) is 16.1. The largest absolute Gasteiger partial charge is 0.871 e. The molecular weight excluding hydrogens is 577 g/mol. The number of aryl methyl sites for hydroxylation is 2. The van der Waals surface area contributed by atoms with Crippen molar-refractivity contribution in [3.63, 3.8) is 0 Å². The molecule has 0 amide bonds. The molecule has 0 atom stereocenters. The fraction of sp³-hybridized carbons (Fsp3) is 0.600. The number of allylic oxidation sites excluding steroid dienone is 8. The van der Waals surface area contributed by atoms with Crippen LogP contribution in [0.2, 0.25) is 0 Å². The third-order valence-electron chi connectivity index (χ3n) is 8.09. The number of rotatable bonds is 14. The maximum Gasteiger partial charge on any atom is 0.218 e. The minimum Gasteiger partial charge on any atom is -0.871 e. The second-order valence-corrected chi connectivity index (χ2v) is 18.6. The maximum atomic E-state index is 13.4. The molecule has 2 heterocycles. The Kier molecular flexibility index (Phi) is 13.4. The van der Waals surface area contributed by atoms with Crippen LogP contribution in [0.5, 0.6) is 0 Å². The number of Topliss-reactive ketones (excluding diaryl/α,β-unsaturated/α-hetero) is 1. The quantitative estimate of drug-likeness (QED) is 0.151. The molecule has 44 heavy (non-hydrogen) atoms. The Morgan fingerprint density at radius 1 is 0.773 bits per heavy atom. The Morgan fingerprint density at radius 3 is 1.84 bits per heavy atom.